The van der Waals surface area contributed by atoms with Crippen LogP contribution in [-0.2, 0) is 0 Å². The number of para-hydroxylation sites is 1. The van der Waals surface area contributed by atoms with Crippen molar-refractivity contribution in [2.75, 3.05) is 7.05 Å². The lowest BCUT2D eigenvalue weighted by Crippen LogP contribution is -2.12. The number of rotatable bonds is 2. The van der Waals surface area contributed by atoms with Gasteiger partial charge in [0.25, 0.3) is 0 Å². The van der Waals surface area contributed by atoms with Crippen LogP contribution >= 0.6 is 0 Å². The number of aromatic hydroxyl groups is 1. The van der Waals surface area contributed by atoms with Crippen molar-refractivity contribution in [1.82, 2.24) is 5.32 Å². The molecule has 0 aliphatic rings. The maximum Gasteiger partial charge on any atom is 0.120 e. The Hall–Kier alpha value is -1.02. The third-order valence-electron chi connectivity index (χ3n) is 1.84. The molecule has 0 saturated carbocycles. The molecule has 1 unspecified atom stereocenters. The van der Waals surface area contributed by atoms with Crippen molar-refractivity contribution >= 4 is 0 Å². The van der Waals surface area contributed by atoms with Gasteiger partial charge in [0, 0.05) is 11.6 Å². The minimum atomic E-state index is 0.205. The molecule has 2 N–H and O–H groups in total. The van der Waals surface area contributed by atoms with Crippen molar-refractivity contribution in [3.63, 3.8) is 0 Å². The Morgan fingerprint density at radius 2 is 2.00 bits per heavy atom. The van der Waals surface area contributed by atoms with Crippen molar-refractivity contribution < 1.29 is 5.11 Å². The van der Waals surface area contributed by atoms with E-state index in [2.05, 4.69) is 5.32 Å². The number of hydrogen-bond acceptors (Lipinski definition) is 2. The summed E-state index contributed by atoms with van der Waals surface area (Å²) >= 11 is 0. The van der Waals surface area contributed by atoms with Gasteiger partial charge in [-0.2, -0.15) is 0 Å². The van der Waals surface area contributed by atoms with Gasteiger partial charge in [0.2, 0.25) is 0 Å². The van der Waals surface area contributed by atoms with Crippen LogP contribution in [0.25, 0.3) is 0 Å². The second kappa shape index (κ2) is 3.39. The van der Waals surface area contributed by atoms with Crippen LogP contribution in [0.4, 0.5) is 0 Å². The van der Waals surface area contributed by atoms with Crippen LogP contribution in [0.5, 0.6) is 5.75 Å². The van der Waals surface area contributed by atoms with Gasteiger partial charge in [0.05, 0.1) is 0 Å². The first-order valence-corrected chi connectivity index (χ1v) is 3.71. The fourth-order valence-corrected chi connectivity index (χ4v) is 1.01. The zero-order valence-electron chi connectivity index (χ0n) is 6.83. The maximum absolute atomic E-state index is 9.37. The Labute approximate surface area is 66.9 Å². The van der Waals surface area contributed by atoms with Crippen LogP contribution in [0, 0.1) is 0 Å². The number of phenolic OH excluding ortho intramolecular Hbond substituents is 1. The van der Waals surface area contributed by atoms with E-state index >= 15 is 0 Å². The molecule has 1 aromatic carbocycles. The first-order valence-electron chi connectivity index (χ1n) is 3.71. The van der Waals surface area contributed by atoms with E-state index in [9.17, 15) is 5.11 Å². The zero-order valence-corrected chi connectivity index (χ0v) is 6.83. The van der Waals surface area contributed by atoms with Crippen LogP contribution in [0.2, 0.25) is 0 Å². The molecule has 0 radical (unpaired) electrons. The Kier molecular flexibility index (Phi) is 2.49. The summed E-state index contributed by atoms with van der Waals surface area (Å²) in [5.74, 6) is 0.356. The van der Waals surface area contributed by atoms with Crippen molar-refractivity contribution in [1.29, 1.82) is 0 Å². The Balaban J connectivity index is 2.93. The van der Waals surface area contributed by atoms with Crippen molar-refractivity contribution in [3.8, 4) is 5.75 Å². The van der Waals surface area contributed by atoms with Crippen LogP contribution in [0.15, 0.2) is 24.3 Å². The maximum atomic E-state index is 9.37. The summed E-state index contributed by atoms with van der Waals surface area (Å²) in [7, 11) is 1.87. The van der Waals surface area contributed by atoms with E-state index in [4.69, 9.17) is 0 Å². The zero-order chi connectivity index (χ0) is 8.27. The highest BCUT2D eigenvalue weighted by molar-refractivity contribution is 5.33. The minimum absolute atomic E-state index is 0.205. The molecule has 0 amide bonds. The lowest BCUT2D eigenvalue weighted by molar-refractivity contribution is 0.458. The van der Waals surface area contributed by atoms with Gasteiger partial charge >= 0.3 is 0 Å². The van der Waals surface area contributed by atoms with Gasteiger partial charge in [-0.1, -0.05) is 18.2 Å². The molecular formula is C9H13NO. The Morgan fingerprint density at radius 1 is 1.36 bits per heavy atom. The van der Waals surface area contributed by atoms with E-state index in [1.807, 2.05) is 32.2 Å². The third kappa shape index (κ3) is 1.71. The van der Waals surface area contributed by atoms with E-state index in [0.717, 1.165) is 5.56 Å². The largest absolute Gasteiger partial charge is 0.508 e. The normalized spacial score (nSPS) is 12.9. The highest BCUT2D eigenvalue weighted by atomic mass is 16.3. The topological polar surface area (TPSA) is 32.3 Å². The lowest BCUT2D eigenvalue weighted by atomic mass is 10.1. The summed E-state index contributed by atoms with van der Waals surface area (Å²) in [6.07, 6.45) is 0. The van der Waals surface area contributed by atoms with Crippen LogP contribution in [-0.4, -0.2) is 12.2 Å². The number of benzene rings is 1. The number of hydrogen-bond donors (Lipinski definition) is 2. The molecule has 1 aromatic rings. The second-order valence-corrected chi connectivity index (χ2v) is 2.57. The first kappa shape index (κ1) is 8.08. The average molecular weight is 151 g/mol. The van der Waals surface area contributed by atoms with Crippen molar-refractivity contribution in [2.45, 2.75) is 13.0 Å². The van der Waals surface area contributed by atoms with Gasteiger partial charge in [0.1, 0.15) is 5.75 Å². The lowest BCUT2D eigenvalue weighted by Gasteiger charge is -2.11. The van der Waals surface area contributed by atoms with Crippen molar-refractivity contribution in [3.05, 3.63) is 29.8 Å². The second-order valence-electron chi connectivity index (χ2n) is 2.57. The molecule has 1 atom stereocenters. The predicted molar refractivity (Wildman–Crippen MR) is 45.6 cm³/mol. The molecule has 0 aliphatic carbocycles. The van der Waals surface area contributed by atoms with E-state index in [1.165, 1.54) is 0 Å². The van der Waals surface area contributed by atoms with Gasteiger partial charge in [-0.25, -0.2) is 0 Å². The van der Waals surface area contributed by atoms with Crippen molar-refractivity contribution in [2.24, 2.45) is 0 Å². The molecule has 0 saturated heterocycles. The summed E-state index contributed by atoms with van der Waals surface area (Å²) in [6.45, 7) is 2.01. The van der Waals surface area contributed by atoms with Crippen LogP contribution in [0.3, 0.4) is 0 Å². The van der Waals surface area contributed by atoms with Gasteiger partial charge in [-0.05, 0) is 20.0 Å². The minimum Gasteiger partial charge on any atom is -0.508 e. The van der Waals surface area contributed by atoms with E-state index < -0.39 is 0 Å². The molecule has 0 spiro atoms. The molecule has 60 valence electrons. The first-order chi connectivity index (χ1) is 5.25. The standard InChI is InChI=1S/C9H13NO/c1-7(10-2)8-5-3-4-6-9(8)11/h3-7,10-11H,1-2H3. The SMILES string of the molecule is CNC(C)c1ccccc1O. The van der Waals surface area contributed by atoms with E-state index in [1.54, 1.807) is 6.07 Å². The average Bonchev–Trinajstić information content (AvgIpc) is 2.04. The van der Waals surface area contributed by atoms with Gasteiger partial charge in [-0.15, -0.1) is 0 Å². The van der Waals surface area contributed by atoms with Gasteiger partial charge < -0.3 is 10.4 Å². The summed E-state index contributed by atoms with van der Waals surface area (Å²) in [6, 6.07) is 7.56. The smallest absolute Gasteiger partial charge is 0.120 e. The number of phenols is 1. The monoisotopic (exact) mass is 151 g/mol. The molecule has 11 heavy (non-hydrogen) atoms. The fraction of sp³-hybridized carbons (Fsp3) is 0.333. The molecule has 1 rings (SSSR count). The summed E-state index contributed by atoms with van der Waals surface area (Å²) in [5.41, 5.74) is 0.940. The van der Waals surface area contributed by atoms with E-state index in [0.29, 0.717) is 5.75 Å². The highest BCUT2D eigenvalue weighted by Crippen LogP contribution is 2.22. The van der Waals surface area contributed by atoms with Gasteiger partial charge in [0.15, 0.2) is 0 Å². The molecule has 0 aromatic heterocycles. The fourth-order valence-electron chi connectivity index (χ4n) is 1.01. The summed E-state index contributed by atoms with van der Waals surface area (Å²) in [4.78, 5) is 0. The highest BCUT2D eigenvalue weighted by Gasteiger charge is 2.05. The van der Waals surface area contributed by atoms with Crippen LogP contribution < -0.4 is 5.32 Å². The Bertz CT molecular complexity index is 235. The molecule has 0 bridgehead atoms. The predicted octanol–water partition coefficient (Wildman–Crippen LogP) is 1.67. The van der Waals surface area contributed by atoms with Gasteiger partial charge in [-0.3, -0.25) is 0 Å². The molecule has 0 aliphatic heterocycles. The molecule has 0 fully saturated rings. The Morgan fingerprint density at radius 3 is 2.55 bits per heavy atom. The number of nitrogens with one attached hydrogen (secondary N) is 1. The van der Waals surface area contributed by atoms with Crippen LogP contribution in [0.1, 0.15) is 18.5 Å². The summed E-state index contributed by atoms with van der Waals surface area (Å²) in [5, 5.41) is 12.4. The molecular weight excluding hydrogens is 138 g/mol. The third-order valence-corrected chi connectivity index (χ3v) is 1.84. The summed E-state index contributed by atoms with van der Waals surface area (Å²) < 4.78 is 0. The molecule has 2 nitrogen and oxygen atoms in total. The molecule has 0 heterocycles. The quantitative estimate of drug-likeness (QED) is 0.674. The van der Waals surface area contributed by atoms with E-state index in [-0.39, 0.29) is 6.04 Å². The molecule has 2 heteroatoms.